The molecule has 2 fully saturated rings. The maximum absolute atomic E-state index is 10.3. The Balaban J connectivity index is 1.97. The van der Waals surface area contributed by atoms with Crippen molar-refractivity contribution in [2.24, 2.45) is 11.7 Å². The predicted molar refractivity (Wildman–Crippen MR) is 59.8 cm³/mol. The number of nitrogens with zero attached hydrogens (tertiary/aromatic N) is 1. The van der Waals surface area contributed by atoms with Gasteiger partial charge in [-0.05, 0) is 19.3 Å². The van der Waals surface area contributed by atoms with E-state index in [2.05, 4.69) is 4.90 Å². The smallest absolute Gasteiger partial charge is 0.0897 e. The van der Waals surface area contributed by atoms with Crippen molar-refractivity contribution in [3.8, 4) is 0 Å². The number of likely N-dealkylation sites (tertiary alicyclic amines) is 1. The number of rotatable bonds is 4. The molecule has 0 aromatic rings. The van der Waals surface area contributed by atoms with Gasteiger partial charge in [-0.15, -0.1) is 0 Å². The Morgan fingerprint density at radius 3 is 2.88 bits per heavy atom. The van der Waals surface area contributed by atoms with Crippen molar-refractivity contribution in [3.63, 3.8) is 0 Å². The zero-order valence-corrected chi connectivity index (χ0v) is 9.55. The third-order valence-electron chi connectivity index (χ3n) is 4.21. The van der Waals surface area contributed by atoms with E-state index < -0.39 is 11.7 Å². The van der Waals surface area contributed by atoms with E-state index in [0.29, 0.717) is 19.1 Å². The Hall–Kier alpha value is -0.200. The van der Waals surface area contributed by atoms with Gasteiger partial charge in [0, 0.05) is 31.6 Å². The third kappa shape index (κ3) is 2.10. The van der Waals surface area contributed by atoms with Crippen LogP contribution < -0.4 is 5.73 Å². The Bertz CT molecular complexity index is 251. The maximum atomic E-state index is 10.3. The van der Waals surface area contributed by atoms with Gasteiger partial charge in [0.05, 0.1) is 18.3 Å². The molecule has 0 spiro atoms. The summed E-state index contributed by atoms with van der Waals surface area (Å²) in [5.74, 6) is 0.224. The van der Waals surface area contributed by atoms with E-state index in [1.54, 1.807) is 0 Å². The van der Waals surface area contributed by atoms with Gasteiger partial charge in [0.15, 0.2) is 0 Å². The lowest BCUT2D eigenvalue weighted by Gasteiger charge is -2.36. The molecule has 0 aromatic carbocycles. The lowest BCUT2D eigenvalue weighted by atomic mass is 9.76. The molecule has 94 valence electrons. The molecule has 2 bridgehead atoms. The maximum Gasteiger partial charge on any atom is 0.0897 e. The number of hydrogen-bond acceptors (Lipinski definition) is 5. The van der Waals surface area contributed by atoms with E-state index in [1.165, 1.54) is 0 Å². The van der Waals surface area contributed by atoms with Crippen molar-refractivity contribution in [2.45, 2.75) is 37.0 Å². The summed E-state index contributed by atoms with van der Waals surface area (Å²) in [6, 6.07) is 0.443. The van der Waals surface area contributed by atoms with Crippen molar-refractivity contribution in [1.82, 2.24) is 4.90 Å². The lowest BCUT2D eigenvalue weighted by Crippen LogP contribution is -2.47. The summed E-state index contributed by atoms with van der Waals surface area (Å²) in [6.07, 6.45) is 1.98. The van der Waals surface area contributed by atoms with Crippen LogP contribution in [0.4, 0.5) is 0 Å². The normalized spacial score (nSPS) is 41.2. The van der Waals surface area contributed by atoms with Gasteiger partial charge in [-0.3, -0.25) is 4.90 Å². The molecule has 0 radical (unpaired) electrons. The van der Waals surface area contributed by atoms with Crippen LogP contribution in [0.5, 0.6) is 0 Å². The summed E-state index contributed by atoms with van der Waals surface area (Å²) in [4.78, 5) is 2.18. The van der Waals surface area contributed by atoms with Gasteiger partial charge in [0.1, 0.15) is 0 Å². The molecule has 1 heterocycles. The number of β-amino-alcohol motifs (C(OH)–C–C–N with tert-alkyl or cyclic N) is 1. The standard InChI is InChI=1S/C11H22N2O3/c12-7-11(16)2-1-9-3-8(11)4-13(9)5-10(15)6-14/h8-10,14-16H,1-7,12H2. The van der Waals surface area contributed by atoms with Gasteiger partial charge < -0.3 is 21.1 Å². The fraction of sp³-hybridized carbons (Fsp3) is 1.00. The summed E-state index contributed by atoms with van der Waals surface area (Å²) in [7, 11) is 0. The highest BCUT2D eigenvalue weighted by Gasteiger charge is 2.48. The first kappa shape index (κ1) is 12.3. The van der Waals surface area contributed by atoms with Crippen LogP contribution in [0.2, 0.25) is 0 Å². The summed E-state index contributed by atoms with van der Waals surface area (Å²) in [6.45, 7) is 1.41. The molecule has 4 atom stereocenters. The minimum atomic E-state index is -0.713. The minimum absolute atomic E-state index is 0.199. The molecule has 1 saturated heterocycles. The highest BCUT2D eigenvalue weighted by Crippen LogP contribution is 2.41. The van der Waals surface area contributed by atoms with Crippen molar-refractivity contribution < 1.29 is 15.3 Å². The molecule has 0 aromatic heterocycles. The lowest BCUT2D eigenvalue weighted by molar-refractivity contribution is -0.0246. The Morgan fingerprint density at radius 2 is 2.25 bits per heavy atom. The monoisotopic (exact) mass is 230 g/mol. The van der Waals surface area contributed by atoms with Crippen molar-refractivity contribution in [1.29, 1.82) is 0 Å². The molecular weight excluding hydrogens is 208 g/mol. The van der Waals surface area contributed by atoms with Crippen molar-refractivity contribution >= 4 is 0 Å². The van der Waals surface area contributed by atoms with Gasteiger partial charge in [-0.25, -0.2) is 0 Å². The molecule has 0 amide bonds. The van der Waals surface area contributed by atoms with Crippen LogP contribution in [0.25, 0.3) is 0 Å². The Kier molecular flexibility index (Phi) is 3.51. The first-order chi connectivity index (χ1) is 7.59. The van der Waals surface area contributed by atoms with Crippen LogP contribution in [0.1, 0.15) is 19.3 Å². The molecule has 16 heavy (non-hydrogen) atoms. The second kappa shape index (κ2) is 4.58. The second-order valence-corrected chi connectivity index (χ2v) is 5.22. The first-order valence-corrected chi connectivity index (χ1v) is 6.04. The summed E-state index contributed by atoms with van der Waals surface area (Å²) in [5.41, 5.74) is 4.92. The minimum Gasteiger partial charge on any atom is -0.394 e. The van der Waals surface area contributed by atoms with Crippen LogP contribution >= 0.6 is 0 Å². The number of hydrogen-bond donors (Lipinski definition) is 4. The topological polar surface area (TPSA) is 90.0 Å². The van der Waals surface area contributed by atoms with E-state index in [4.69, 9.17) is 10.8 Å². The third-order valence-corrected chi connectivity index (χ3v) is 4.21. The number of nitrogens with two attached hydrogens (primary N) is 1. The molecule has 5 nitrogen and oxygen atoms in total. The van der Waals surface area contributed by atoms with Crippen LogP contribution in [-0.2, 0) is 0 Å². The van der Waals surface area contributed by atoms with E-state index >= 15 is 0 Å². The van der Waals surface area contributed by atoms with E-state index in [0.717, 1.165) is 25.8 Å². The van der Waals surface area contributed by atoms with Gasteiger partial charge in [0.25, 0.3) is 0 Å². The summed E-state index contributed by atoms with van der Waals surface area (Å²) in [5, 5.41) is 28.6. The summed E-state index contributed by atoms with van der Waals surface area (Å²) >= 11 is 0. The zero-order valence-electron chi connectivity index (χ0n) is 9.55. The molecule has 2 rings (SSSR count). The predicted octanol–water partition coefficient (Wildman–Crippen LogP) is -1.49. The van der Waals surface area contributed by atoms with Gasteiger partial charge in [0.2, 0.25) is 0 Å². The van der Waals surface area contributed by atoms with E-state index in [-0.39, 0.29) is 12.5 Å². The average Bonchev–Trinajstić information content (AvgIpc) is 2.64. The van der Waals surface area contributed by atoms with Crippen LogP contribution in [0, 0.1) is 5.92 Å². The van der Waals surface area contributed by atoms with Crippen LogP contribution in [0.3, 0.4) is 0 Å². The van der Waals surface area contributed by atoms with Crippen molar-refractivity contribution in [3.05, 3.63) is 0 Å². The number of aliphatic hydroxyl groups excluding tert-OH is 2. The molecule has 4 unspecified atom stereocenters. The summed E-state index contributed by atoms with van der Waals surface area (Å²) < 4.78 is 0. The molecule has 1 aliphatic heterocycles. The van der Waals surface area contributed by atoms with Gasteiger partial charge in [-0.2, -0.15) is 0 Å². The van der Waals surface area contributed by atoms with Gasteiger partial charge in [-0.1, -0.05) is 0 Å². The Labute approximate surface area is 95.9 Å². The zero-order chi connectivity index (χ0) is 11.8. The van der Waals surface area contributed by atoms with Crippen molar-refractivity contribution in [2.75, 3.05) is 26.2 Å². The first-order valence-electron chi connectivity index (χ1n) is 6.04. The van der Waals surface area contributed by atoms with E-state index in [1.807, 2.05) is 0 Å². The highest BCUT2D eigenvalue weighted by atomic mass is 16.3. The van der Waals surface area contributed by atoms with Crippen LogP contribution in [0.15, 0.2) is 0 Å². The Morgan fingerprint density at radius 1 is 1.50 bits per heavy atom. The second-order valence-electron chi connectivity index (χ2n) is 5.22. The SMILES string of the molecule is NCC1(O)CCC2CC1CN2CC(O)CO. The highest BCUT2D eigenvalue weighted by molar-refractivity contribution is 5.02. The molecule has 1 saturated carbocycles. The quantitative estimate of drug-likeness (QED) is 0.472. The van der Waals surface area contributed by atoms with E-state index in [9.17, 15) is 10.2 Å². The molecule has 5 heteroatoms. The molecule has 1 aliphatic carbocycles. The fourth-order valence-corrected chi connectivity index (χ4v) is 3.12. The average molecular weight is 230 g/mol. The molecule has 5 N–H and O–H groups in total. The molecule has 2 aliphatic rings. The fourth-order valence-electron chi connectivity index (χ4n) is 3.12. The largest absolute Gasteiger partial charge is 0.394 e. The molecular formula is C11H22N2O3. The van der Waals surface area contributed by atoms with Gasteiger partial charge >= 0.3 is 0 Å². The number of aliphatic hydroxyl groups is 3. The number of fused-ring (bicyclic) bond motifs is 2. The van der Waals surface area contributed by atoms with Crippen LogP contribution in [-0.4, -0.2) is 64.2 Å².